The van der Waals surface area contributed by atoms with Crippen LogP contribution in [0.1, 0.15) is 10.8 Å². The standard InChI is InChI=1S/C8H12O3S2/c1-13(10,11)6-7(5-9)8-3-2-4-12-8/h2-4,7,9H,5-6H2,1H3. The first-order chi connectivity index (χ1) is 6.03. The summed E-state index contributed by atoms with van der Waals surface area (Å²) in [6.45, 7) is -0.117. The molecule has 0 bridgehead atoms. The van der Waals surface area contributed by atoms with Gasteiger partial charge in [-0.3, -0.25) is 0 Å². The number of rotatable bonds is 4. The normalized spacial score (nSPS) is 14.3. The van der Waals surface area contributed by atoms with Gasteiger partial charge in [0.1, 0.15) is 9.84 Å². The monoisotopic (exact) mass is 220 g/mol. The molecule has 0 saturated carbocycles. The van der Waals surface area contributed by atoms with E-state index in [1.54, 1.807) is 0 Å². The van der Waals surface area contributed by atoms with Crippen molar-refractivity contribution in [2.45, 2.75) is 5.92 Å². The van der Waals surface area contributed by atoms with Gasteiger partial charge in [0.25, 0.3) is 0 Å². The van der Waals surface area contributed by atoms with Gasteiger partial charge in [-0.05, 0) is 11.4 Å². The third-order valence-corrected chi connectivity index (χ3v) is 3.71. The summed E-state index contributed by atoms with van der Waals surface area (Å²) < 4.78 is 22.0. The van der Waals surface area contributed by atoms with E-state index in [-0.39, 0.29) is 18.3 Å². The Morgan fingerprint density at radius 2 is 2.31 bits per heavy atom. The summed E-state index contributed by atoms with van der Waals surface area (Å²) in [5, 5.41) is 10.9. The maximum atomic E-state index is 11.0. The number of hydrogen-bond donors (Lipinski definition) is 1. The van der Waals surface area contributed by atoms with Crippen LogP contribution in [-0.2, 0) is 9.84 Å². The van der Waals surface area contributed by atoms with E-state index in [1.807, 2.05) is 17.5 Å². The predicted octanol–water partition coefficient (Wildman–Crippen LogP) is 0.869. The second kappa shape index (κ2) is 4.21. The lowest BCUT2D eigenvalue weighted by Crippen LogP contribution is -2.15. The molecule has 0 amide bonds. The van der Waals surface area contributed by atoms with Crippen molar-refractivity contribution < 1.29 is 13.5 Å². The molecule has 1 aromatic heterocycles. The van der Waals surface area contributed by atoms with E-state index in [1.165, 1.54) is 17.6 Å². The number of aliphatic hydroxyl groups excluding tert-OH is 1. The molecule has 1 atom stereocenters. The molecule has 1 unspecified atom stereocenters. The quantitative estimate of drug-likeness (QED) is 0.819. The topological polar surface area (TPSA) is 54.4 Å². The van der Waals surface area contributed by atoms with Crippen LogP contribution in [0.2, 0.25) is 0 Å². The van der Waals surface area contributed by atoms with Gasteiger partial charge in [0, 0.05) is 17.1 Å². The molecule has 0 aliphatic heterocycles. The Hall–Kier alpha value is -0.390. The average molecular weight is 220 g/mol. The van der Waals surface area contributed by atoms with Gasteiger partial charge in [-0.1, -0.05) is 6.07 Å². The van der Waals surface area contributed by atoms with Crippen molar-refractivity contribution in [3.8, 4) is 0 Å². The smallest absolute Gasteiger partial charge is 0.148 e. The molecule has 5 heteroatoms. The van der Waals surface area contributed by atoms with Gasteiger partial charge in [-0.15, -0.1) is 11.3 Å². The maximum Gasteiger partial charge on any atom is 0.148 e. The lowest BCUT2D eigenvalue weighted by atomic mass is 10.1. The molecule has 0 fully saturated rings. The number of sulfone groups is 1. The third kappa shape index (κ3) is 3.46. The van der Waals surface area contributed by atoms with E-state index in [9.17, 15) is 8.42 Å². The molecule has 0 saturated heterocycles. The molecule has 0 spiro atoms. The first-order valence-corrected chi connectivity index (χ1v) is 6.79. The fraction of sp³-hybridized carbons (Fsp3) is 0.500. The van der Waals surface area contributed by atoms with Gasteiger partial charge in [-0.25, -0.2) is 8.42 Å². The molecule has 1 heterocycles. The highest BCUT2D eigenvalue weighted by Gasteiger charge is 2.17. The van der Waals surface area contributed by atoms with Crippen LogP contribution in [0.5, 0.6) is 0 Å². The van der Waals surface area contributed by atoms with Crippen LogP contribution in [0.4, 0.5) is 0 Å². The molecule has 0 radical (unpaired) electrons. The van der Waals surface area contributed by atoms with E-state index in [0.29, 0.717) is 0 Å². The minimum absolute atomic E-state index is 0.0179. The van der Waals surface area contributed by atoms with Crippen molar-refractivity contribution >= 4 is 21.2 Å². The average Bonchev–Trinajstić information content (AvgIpc) is 2.50. The summed E-state index contributed by atoms with van der Waals surface area (Å²) in [5.41, 5.74) is 0. The third-order valence-electron chi connectivity index (χ3n) is 1.67. The number of thiophene rings is 1. The van der Waals surface area contributed by atoms with Crippen LogP contribution in [0, 0.1) is 0 Å². The fourth-order valence-corrected chi connectivity index (χ4v) is 3.06. The molecular formula is C8H12O3S2. The summed E-state index contributed by atoms with van der Waals surface area (Å²) >= 11 is 1.47. The SMILES string of the molecule is CS(=O)(=O)CC(CO)c1cccs1. The zero-order valence-electron chi connectivity index (χ0n) is 7.30. The van der Waals surface area contributed by atoms with Crippen LogP contribution in [0.25, 0.3) is 0 Å². The minimum atomic E-state index is -3.01. The largest absolute Gasteiger partial charge is 0.396 e. The maximum absolute atomic E-state index is 11.0. The summed E-state index contributed by atoms with van der Waals surface area (Å²) in [7, 11) is -3.01. The molecule has 1 aromatic rings. The van der Waals surface area contributed by atoms with E-state index in [0.717, 1.165) is 4.88 Å². The van der Waals surface area contributed by atoms with Crippen molar-refractivity contribution in [3.63, 3.8) is 0 Å². The molecular weight excluding hydrogens is 208 g/mol. The molecule has 0 aliphatic rings. The predicted molar refractivity (Wildman–Crippen MR) is 53.9 cm³/mol. The van der Waals surface area contributed by atoms with Crippen molar-refractivity contribution in [2.75, 3.05) is 18.6 Å². The van der Waals surface area contributed by atoms with Crippen LogP contribution in [0.15, 0.2) is 17.5 Å². The molecule has 0 aromatic carbocycles. The first kappa shape index (κ1) is 10.7. The first-order valence-electron chi connectivity index (χ1n) is 3.85. The van der Waals surface area contributed by atoms with Crippen LogP contribution in [0.3, 0.4) is 0 Å². The summed E-state index contributed by atoms with van der Waals surface area (Å²) in [4.78, 5) is 0.924. The summed E-state index contributed by atoms with van der Waals surface area (Å²) in [6.07, 6.45) is 1.18. The Bertz CT molecular complexity index is 339. The highest BCUT2D eigenvalue weighted by atomic mass is 32.2. The van der Waals surface area contributed by atoms with Crippen molar-refractivity contribution in [3.05, 3.63) is 22.4 Å². The van der Waals surface area contributed by atoms with Gasteiger partial charge in [0.2, 0.25) is 0 Å². The number of hydrogen-bond acceptors (Lipinski definition) is 4. The van der Waals surface area contributed by atoms with Crippen LogP contribution in [-0.4, -0.2) is 32.1 Å². The lowest BCUT2D eigenvalue weighted by Gasteiger charge is -2.09. The second-order valence-electron chi connectivity index (χ2n) is 2.99. The molecule has 0 aliphatic carbocycles. The molecule has 3 nitrogen and oxygen atoms in total. The Balaban J connectivity index is 2.76. The van der Waals surface area contributed by atoms with Crippen LogP contribution < -0.4 is 0 Å². The van der Waals surface area contributed by atoms with Gasteiger partial charge in [0.15, 0.2) is 0 Å². The van der Waals surface area contributed by atoms with E-state index in [2.05, 4.69) is 0 Å². The van der Waals surface area contributed by atoms with E-state index in [4.69, 9.17) is 5.11 Å². The zero-order chi connectivity index (χ0) is 9.90. The highest BCUT2D eigenvalue weighted by molar-refractivity contribution is 7.90. The van der Waals surface area contributed by atoms with Gasteiger partial charge in [-0.2, -0.15) is 0 Å². The second-order valence-corrected chi connectivity index (χ2v) is 6.15. The Kier molecular flexibility index (Phi) is 3.47. The molecule has 74 valence electrons. The van der Waals surface area contributed by atoms with E-state index < -0.39 is 9.84 Å². The van der Waals surface area contributed by atoms with Crippen LogP contribution >= 0.6 is 11.3 Å². The lowest BCUT2D eigenvalue weighted by molar-refractivity contribution is 0.275. The highest BCUT2D eigenvalue weighted by Crippen LogP contribution is 2.21. The fourth-order valence-electron chi connectivity index (χ4n) is 1.11. The Morgan fingerprint density at radius 1 is 1.62 bits per heavy atom. The molecule has 1 rings (SSSR count). The Morgan fingerprint density at radius 3 is 2.69 bits per heavy atom. The van der Waals surface area contributed by atoms with Gasteiger partial charge < -0.3 is 5.11 Å². The molecule has 13 heavy (non-hydrogen) atoms. The van der Waals surface area contributed by atoms with Gasteiger partial charge in [0.05, 0.1) is 12.4 Å². The van der Waals surface area contributed by atoms with Gasteiger partial charge >= 0.3 is 0 Å². The number of aliphatic hydroxyl groups is 1. The van der Waals surface area contributed by atoms with E-state index >= 15 is 0 Å². The summed E-state index contributed by atoms with van der Waals surface area (Å²) in [5.74, 6) is -0.251. The van der Waals surface area contributed by atoms with Crippen molar-refractivity contribution in [1.82, 2.24) is 0 Å². The summed E-state index contributed by atoms with van der Waals surface area (Å²) in [6, 6.07) is 3.70. The van der Waals surface area contributed by atoms with Crippen molar-refractivity contribution in [2.24, 2.45) is 0 Å². The van der Waals surface area contributed by atoms with Crippen molar-refractivity contribution in [1.29, 1.82) is 0 Å². The zero-order valence-corrected chi connectivity index (χ0v) is 8.94. The minimum Gasteiger partial charge on any atom is -0.396 e. The Labute approximate surface area is 82.0 Å². The molecule has 1 N–H and O–H groups in total.